The normalized spacial score (nSPS) is 19.8. The predicted octanol–water partition coefficient (Wildman–Crippen LogP) is 8.21. The molecule has 194 valence electrons. The molecule has 0 amide bonds. The first-order valence-corrected chi connectivity index (χ1v) is 13.7. The third-order valence-electron chi connectivity index (χ3n) is 7.19. The summed E-state index contributed by atoms with van der Waals surface area (Å²) in [5, 5.41) is 4.08. The minimum absolute atomic E-state index is 0.169. The number of nitrogens with one attached hydrogen (secondary N) is 1. The van der Waals surface area contributed by atoms with E-state index in [4.69, 9.17) is 26.3 Å². The number of aliphatic imine (C=N–C) groups is 1. The molecule has 2 aromatic carbocycles. The molecular formula is C32H38ClN3O. The number of benzene rings is 2. The van der Waals surface area contributed by atoms with Crippen molar-refractivity contribution in [2.45, 2.75) is 58.1 Å². The first-order valence-electron chi connectivity index (χ1n) is 13.3. The van der Waals surface area contributed by atoms with Gasteiger partial charge in [-0.3, -0.25) is 0 Å². The van der Waals surface area contributed by atoms with E-state index in [-0.39, 0.29) is 6.10 Å². The summed E-state index contributed by atoms with van der Waals surface area (Å²) in [6.07, 6.45) is 7.14. The van der Waals surface area contributed by atoms with Crippen LogP contribution in [0.5, 0.6) is 0 Å². The van der Waals surface area contributed by atoms with Gasteiger partial charge in [-0.25, -0.2) is 9.98 Å². The average Bonchev–Trinajstić information content (AvgIpc) is 3.30. The largest absolute Gasteiger partial charge is 0.372 e. The molecule has 1 saturated carbocycles. The van der Waals surface area contributed by atoms with E-state index in [9.17, 15) is 0 Å². The summed E-state index contributed by atoms with van der Waals surface area (Å²) < 4.78 is 6.19. The quantitative estimate of drug-likeness (QED) is 0.207. The molecule has 4 rings (SSSR count). The molecule has 1 aliphatic carbocycles. The first-order chi connectivity index (χ1) is 18.0. The lowest BCUT2D eigenvalue weighted by Crippen LogP contribution is -2.38. The summed E-state index contributed by atoms with van der Waals surface area (Å²) in [5.74, 6) is 1.18. The number of ether oxygens (including phenoxy) is 1. The lowest BCUT2D eigenvalue weighted by atomic mass is 9.95. The van der Waals surface area contributed by atoms with E-state index in [0.29, 0.717) is 23.6 Å². The summed E-state index contributed by atoms with van der Waals surface area (Å²) >= 11 is 6.69. The van der Waals surface area contributed by atoms with Crippen LogP contribution in [-0.4, -0.2) is 36.5 Å². The van der Waals surface area contributed by atoms with Gasteiger partial charge in [0.2, 0.25) is 0 Å². The highest BCUT2D eigenvalue weighted by atomic mass is 35.5. The summed E-state index contributed by atoms with van der Waals surface area (Å²) in [6, 6.07) is 21.1. The molecule has 0 bridgehead atoms. The molecule has 4 nitrogen and oxygen atoms in total. The fourth-order valence-corrected chi connectivity index (χ4v) is 5.61. The lowest BCUT2D eigenvalue weighted by Gasteiger charge is -2.25. The third-order valence-corrected chi connectivity index (χ3v) is 7.48. The van der Waals surface area contributed by atoms with Crippen LogP contribution in [0.2, 0.25) is 5.02 Å². The Kier molecular flexibility index (Phi) is 9.68. The first kappa shape index (κ1) is 27.3. The van der Waals surface area contributed by atoms with E-state index < -0.39 is 0 Å². The minimum atomic E-state index is 0.169. The SMILES string of the molecule is C=CCOC1C(CC(CCC)=Nc2nc(-c3ccc(-c4ccccc4)cc3)c(Cl)cc2C)CCC1NC. The van der Waals surface area contributed by atoms with E-state index in [2.05, 4.69) is 67.4 Å². The minimum Gasteiger partial charge on any atom is -0.372 e. The highest BCUT2D eigenvalue weighted by molar-refractivity contribution is 6.33. The van der Waals surface area contributed by atoms with E-state index >= 15 is 0 Å². The van der Waals surface area contributed by atoms with Crippen LogP contribution in [0.15, 0.2) is 78.3 Å². The second-order valence-corrected chi connectivity index (χ2v) is 10.3. The van der Waals surface area contributed by atoms with Gasteiger partial charge in [-0.2, -0.15) is 0 Å². The van der Waals surface area contributed by atoms with Crippen molar-refractivity contribution in [3.63, 3.8) is 0 Å². The Balaban J connectivity index is 1.61. The zero-order valence-electron chi connectivity index (χ0n) is 22.2. The zero-order chi connectivity index (χ0) is 26.2. The Bertz CT molecular complexity index is 1210. The molecule has 5 heteroatoms. The predicted molar refractivity (Wildman–Crippen MR) is 157 cm³/mol. The molecule has 1 heterocycles. The van der Waals surface area contributed by atoms with Gasteiger partial charge in [0.15, 0.2) is 5.82 Å². The lowest BCUT2D eigenvalue weighted by molar-refractivity contribution is 0.0316. The number of rotatable bonds is 11. The van der Waals surface area contributed by atoms with Gasteiger partial charge in [0.25, 0.3) is 0 Å². The van der Waals surface area contributed by atoms with E-state index in [1.807, 2.05) is 32.2 Å². The van der Waals surface area contributed by atoms with Gasteiger partial charge in [-0.1, -0.05) is 85.6 Å². The Morgan fingerprint density at radius 2 is 1.81 bits per heavy atom. The Hall–Kier alpha value is -2.79. The second-order valence-electron chi connectivity index (χ2n) is 9.85. The van der Waals surface area contributed by atoms with Crippen molar-refractivity contribution in [2.24, 2.45) is 10.9 Å². The number of pyridine rings is 1. The highest BCUT2D eigenvalue weighted by Gasteiger charge is 2.36. The van der Waals surface area contributed by atoms with Gasteiger partial charge in [-0.15, -0.1) is 6.58 Å². The fraction of sp³-hybridized carbons (Fsp3) is 0.375. The topological polar surface area (TPSA) is 46.5 Å². The maximum atomic E-state index is 6.69. The van der Waals surface area contributed by atoms with Gasteiger partial charge in [0.05, 0.1) is 23.4 Å². The molecule has 0 saturated heterocycles. The van der Waals surface area contributed by atoms with Gasteiger partial charge >= 0.3 is 0 Å². The van der Waals surface area contributed by atoms with E-state index in [0.717, 1.165) is 54.7 Å². The number of hydrogen-bond acceptors (Lipinski definition) is 4. The third kappa shape index (κ3) is 6.75. The van der Waals surface area contributed by atoms with Crippen molar-refractivity contribution < 1.29 is 4.74 Å². The number of hydrogen-bond donors (Lipinski definition) is 1. The maximum Gasteiger partial charge on any atom is 0.155 e. The van der Waals surface area contributed by atoms with Crippen molar-refractivity contribution in [3.05, 3.63) is 83.9 Å². The van der Waals surface area contributed by atoms with Crippen molar-refractivity contribution in [3.8, 4) is 22.4 Å². The molecule has 37 heavy (non-hydrogen) atoms. The van der Waals surface area contributed by atoms with Crippen LogP contribution in [0.25, 0.3) is 22.4 Å². The summed E-state index contributed by atoms with van der Waals surface area (Å²) in [5.41, 5.74) is 6.28. The van der Waals surface area contributed by atoms with Crippen LogP contribution in [0.3, 0.4) is 0 Å². The zero-order valence-corrected chi connectivity index (χ0v) is 23.0. The van der Waals surface area contributed by atoms with Gasteiger partial charge in [-0.05, 0) is 68.3 Å². The van der Waals surface area contributed by atoms with Crippen LogP contribution in [0, 0.1) is 12.8 Å². The Morgan fingerprint density at radius 3 is 2.49 bits per heavy atom. The highest BCUT2D eigenvalue weighted by Crippen LogP contribution is 2.35. The van der Waals surface area contributed by atoms with E-state index in [1.54, 1.807) is 0 Å². The summed E-state index contributed by atoms with van der Waals surface area (Å²) in [4.78, 5) is 10.1. The van der Waals surface area contributed by atoms with Crippen LogP contribution >= 0.6 is 11.6 Å². The molecule has 3 aromatic rings. The van der Waals surface area contributed by atoms with Crippen molar-refractivity contribution in [1.82, 2.24) is 10.3 Å². The molecule has 3 atom stereocenters. The van der Waals surface area contributed by atoms with Crippen molar-refractivity contribution in [1.29, 1.82) is 0 Å². The van der Waals surface area contributed by atoms with E-state index in [1.165, 1.54) is 16.8 Å². The van der Waals surface area contributed by atoms with Crippen molar-refractivity contribution >= 4 is 23.1 Å². The van der Waals surface area contributed by atoms with Crippen LogP contribution in [-0.2, 0) is 4.74 Å². The molecule has 0 aliphatic heterocycles. The average molecular weight is 516 g/mol. The summed E-state index contributed by atoms with van der Waals surface area (Å²) in [6.45, 7) is 8.64. The van der Waals surface area contributed by atoms with Crippen molar-refractivity contribution in [2.75, 3.05) is 13.7 Å². The molecular weight excluding hydrogens is 478 g/mol. The summed E-state index contributed by atoms with van der Waals surface area (Å²) in [7, 11) is 2.02. The molecule has 1 N–H and O–H groups in total. The second kappa shape index (κ2) is 13.1. The molecule has 1 aromatic heterocycles. The number of nitrogens with zero attached hydrogens (tertiary/aromatic N) is 2. The molecule has 3 unspecified atom stereocenters. The molecule has 0 radical (unpaired) electrons. The smallest absolute Gasteiger partial charge is 0.155 e. The fourth-order valence-electron chi connectivity index (χ4n) is 5.29. The van der Waals surface area contributed by atoms with Crippen LogP contribution in [0.1, 0.15) is 44.6 Å². The van der Waals surface area contributed by atoms with Gasteiger partial charge in [0, 0.05) is 17.3 Å². The molecule has 1 fully saturated rings. The van der Waals surface area contributed by atoms with Crippen LogP contribution in [0.4, 0.5) is 5.82 Å². The Morgan fingerprint density at radius 1 is 1.11 bits per heavy atom. The molecule has 0 spiro atoms. The van der Waals surface area contributed by atoms with Gasteiger partial charge < -0.3 is 10.1 Å². The maximum absolute atomic E-state index is 6.69. The van der Waals surface area contributed by atoms with Crippen LogP contribution < -0.4 is 5.32 Å². The number of aryl methyl sites for hydroxylation is 1. The monoisotopic (exact) mass is 515 g/mol. The Labute approximate surface area is 226 Å². The number of aromatic nitrogens is 1. The molecule has 1 aliphatic rings. The number of likely N-dealkylation sites (N-methyl/N-ethyl adjacent to an activating group) is 1. The van der Waals surface area contributed by atoms with Gasteiger partial charge in [0.1, 0.15) is 0 Å². The number of halogens is 1. The standard InChI is InChI=1S/C32H38ClN3O/c1-5-10-27(21-26-17-18-29(34-4)31(26)37-19-6-2)35-32-22(3)20-28(33)30(36-32)25-15-13-24(14-16-25)23-11-8-7-9-12-23/h6-9,11-16,20,26,29,31,34H,2,5,10,17-19,21H2,1,3-4H3.